The van der Waals surface area contributed by atoms with Gasteiger partial charge < -0.3 is 9.73 Å². The van der Waals surface area contributed by atoms with Gasteiger partial charge in [0.05, 0.1) is 0 Å². The van der Waals surface area contributed by atoms with Crippen molar-refractivity contribution in [3.8, 4) is 0 Å². The zero-order valence-corrected chi connectivity index (χ0v) is 11.4. The fourth-order valence-corrected chi connectivity index (χ4v) is 2.12. The second-order valence-electron chi connectivity index (χ2n) is 4.91. The molecule has 0 aliphatic carbocycles. The van der Waals surface area contributed by atoms with E-state index in [2.05, 4.69) is 28.3 Å². The molecule has 0 aliphatic rings. The third-order valence-corrected chi connectivity index (χ3v) is 3.23. The van der Waals surface area contributed by atoms with Gasteiger partial charge in [-0.2, -0.15) is 0 Å². The molecule has 0 saturated carbocycles. The van der Waals surface area contributed by atoms with Crippen LogP contribution >= 0.6 is 0 Å². The summed E-state index contributed by atoms with van der Waals surface area (Å²) in [5, 5.41) is 3.40. The molecule has 2 heterocycles. The Balaban J connectivity index is 1.60. The highest BCUT2D eigenvalue weighted by molar-refractivity contribution is 5.72. The first-order chi connectivity index (χ1) is 9.83. The predicted molar refractivity (Wildman–Crippen MR) is 78.4 cm³/mol. The SMILES string of the molecule is C[C@@H](CNCc1cccnc1)c1nc2ccccc2o1. The maximum Gasteiger partial charge on any atom is 0.199 e. The lowest BCUT2D eigenvalue weighted by molar-refractivity contribution is 0.466. The molecule has 4 nitrogen and oxygen atoms in total. The number of pyridine rings is 1. The van der Waals surface area contributed by atoms with Crippen molar-refractivity contribution in [2.75, 3.05) is 6.54 Å². The quantitative estimate of drug-likeness (QED) is 0.771. The van der Waals surface area contributed by atoms with Crippen molar-refractivity contribution in [1.29, 1.82) is 0 Å². The Labute approximate surface area is 117 Å². The number of oxazole rings is 1. The monoisotopic (exact) mass is 267 g/mol. The molecule has 0 bridgehead atoms. The summed E-state index contributed by atoms with van der Waals surface area (Å²) in [7, 11) is 0. The van der Waals surface area contributed by atoms with Crippen LogP contribution in [0.3, 0.4) is 0 Å². The van der Waals surface area contributed by atoms with Crippen LogP contribution in [-0.2, 0) is 6.54 Å². The molecule has 1 N–H and O–H groups in total. The molecule has 0 aliphatic heterocycles. The second-order valence-corrected chi connectivity index (χ2v) is 4.91. The summed E-state index contributed by atoms with van der Waals surface area (Å²) in [4.78, 5) is 8.62. The van der Waals surface area contributed by atoms with E-state index in [9.17, 15) is 0 Å². The summed E-state index contributed by atoms with van der Waals surface area (Å²) in [5.74, 6) is 1.02. The van der Waals surface area contributed by atoms with E-state index >= 15 is 0 Å². The lowest BCUT2D eigenvalue weighted by Gasteiger charge is -2.08. The summed E-state index contributed by atoms with van der Waals surface area (Å²) in [6.45, 7) is 3.74. The molecule has 0 spiro atoms. The second kappa shape index (κ2) is 5.84. The molecule has 102 valence electrons. The first-order valence-corrected chi connectivity index (χ1v) is 6.78. The molecule has 4 heteroatoms. The van der Waals surface area contributed by atoms with Crippen LogP contribution in [0.15, 0.2) is 53.2 Å². The van der Waals surface area contributed by atoms with Gasteiger partial charge in [0.25, 0.3) is 0 Å². The molecular formula is C16H17N3O. The zero-order chi connectivity index (χ0) is 13.8. The molecule has 0 radical (unpaired) electrons. The van der Waals surface area contributed by atoms with Crippen LogP contribution in [-0.4, -0.2) is 16.5 Å². The number of hydrogen-bond donors (Lipinski definition) is 1. The normalized spacial score (nSPS) is 12.7. The number of aromatic nitrogens is 2. The number of fused-ring (bicyclic) bond motifs is 1. The largest absolute Gasteiger partial charge is 0.440 e. The standard InChI is InChI=1S/C16H17N3O/c1-12(9-18-11-13-5-4-8-17-10-13)16-19-14-6-2-3-7-15(14)20-16/h2-8,10,12,18H,9,11H2,1H3/t12-/m0/s1. The molecule has 0 saturated heterocycles. The van der Waals surface area contributed by atoms with Crippen LogP contribution in [0, 0.1) is 0 Å². The topological polar surface area (TPSA) is 51.0 Å². The summed E-state index contributed by atoms with van der Waals surface area (Å²) in [6.07, 6.45) is 3.65. The Morgan fingerprint density at radius 1 is 1.20 bits per heavy atom. The van der Waals surface area contributed by atoms with Gasteiger partial charge >= 0.3 is 0 Å². The summed E-state index contributed by atoms with van der Waals surface area (Å²) in [5.41, 5.74) is 2.94. The van der Waals surface area contributed by atoms with Crippen LogP contribution in [0.1, 0.15) is 24.3 Å². The van der Waals surface area contributed by atoms with Gasteiger partial charge in [-0.1, -0.05) is 25.1 Å². The average molecular weight is 267 g/mol. The van der Waals surface area contributed by atoms with Crippen LogP contribution in [0.5, 0.6) is 0 Å². The van der Waals surface area contributed by atoms with Crippen LogP contribution in [0.4, 0.5) is 0 Å². The molecule has 1 aromatic carbocycles. The molecule has 20 heavy (non-hydrogen) atoms. The highest BCUT2D eigenvalue weighted by Gasteiger charge is 2.12. The van der Waals surface area contributed by atoms with Gasteiger partial charge in [0.1, 0.15) is 5.52 Å². The number of benzene rings is 1. The van der Waals surface area contributed by atoms with E-state index in [4.69, 9.17) is 4.42 Å². The third-order valence-electron chi connectivity index (χ3n) is 3.23. The van der Waals surface area contributed by atoms with Gasteiger partial charge in [-0.25, -0.2) is 4.98 Å². The van der Waals surface area contributed by atoms with E-state index in [1.165, 1.54) is 5.56 Å². The van der Waals surface area contributed by atoms with Crippen molar-refractivity contribution < 1.29 is 4.42 Å². The van der Waals surface area contributed by atoms with Crippen LogP contribution < -0.4 is 5.32 Å². The molecule has 3 rings (SSSR count). The van der Waals surface area contributed by atoms with Gasteiger partial charge in [-0.15, -0.1) is 0 Å². The molecule has 0 amide bonds. The van der Waals surface area contributed by atoms with Crippen LogP contribution in [0.2, 0.25) is 0 Å². The van der Waals surface area contributed by atoms with Crippen molar-refractivity contribution in [2.45, 2.75) is 19.4 Å². The number of nitrogens with one attached hydrogen (secondary N) is 1. The Morgan fingerprint density at radius 2 is 2.10 bits per heavy atom. The van der Waals surface area contributed by atoms with Gasteiger partial charge in [0, 0.05) is 31.4 Å². The maximum absolute atomic E-state index is 5.77. The van der Waals surface area contributed by atoms with Gasteiger partial charge in [0.15, 0.2) is 11.5 Å². The van der Waals surface area contributed by atoms with Crippen molar-refractivity contribution in [3.05, 3.63) is 60.2 Å². The minimum atomic E-state index is 0.235. The first kappa shape index (κ1) is 12.8. The first-order valence-electron chi connectivity index (χ1n) is 6.78. The molecule has 1 atom stereocenters. The van der Waals surface area contributed by atoms with E-state index in [1.54, 1.807) is 6.20 Å². The van der Waals surface area contributed by atoms with E-state index < -0.39 is 0 Å². The van der Waals surface area contributed by atoms with E-state index in [0.717, 1.165) is 30.1 Å². The van der Waals surface area contributed by atoms with Gasteiger partial charge in [0.2, 0.25) is 0 Å². The number of para-hydroxylation sites is 2. The minimum absolute atomic E-state index is 0.235. The zero-order valence-electron chi connectivity index (χ0n) is 11.4. The van der Waals surface area contributed by atoms with Crippen molar-refractivity contribution in [3.63, 3.8) is 0 Å². The number of nitrogens with zero attached hydrogens (tertiary/aromatic N) is 2. The maximum atomic E-state index is 5.77. The van der Waals surface area contributed by atoms with Crippen molar-refractivity contribution >= 4 is 11.1 Å². The minimum Gasteiger partial charge on any atom is -0.440 e. The lowest BCUT2D eigenvalue weighted by Crippen LogP contribution is -2.19. The highest BCUT2D eigenvalue weighted by atomic mass is 16.3. The highest BCUT2D eigenvalue weighted by Crippen LogP contribution is 2.20. The Morgan fingerprint density at radius 3 is 2.90 bits per heavy atom. The Hall–Kier alpha value is -2.20. The van der Waals surface area contributed by atoms with Crippen molar-refractivity contribution in [2.24, 2.45) is 0 Å². The van der Waals surface area contributed by atoms with Gasteiger partial charge in [-0.05, 0) is 23.8 Å². The third kappa shape index (κ3) is 2.86. The number of hydrogen-bond acceptors (Lipinski definition) is 4. The van der Waals surface area contributed by atoms with E-state index in [1.807, 2.05) is 36.5 Å². The van der Waals surface area contributed by atoms with Crippen LogP contribution in [0.25, 0.3) is 11.1 Å². The summed E-state index contributed by atoms with van der Waals surface area (Å²) in [6, 6.07) is 11.9. The molecule has 0 unspecified atom stereocenters. The average Bonchev–Trinajstić information content (AvgIpc) is 2.92. The van der Waals surface area contributed by atoms with E-state index in [-0.39, 0.29) is 5.92 Å². The Bertz CT molecular complexity index is 645. The van der Waals surface area contributed by atoms with Crippen molar-refractivity contribution in [1.82, 2.24) is 15.3 Å². The summed E-state index contributed by atoms with van der Waals surface area (Å²) < 4.78 is 5.77. The molecule has 3 aromatic rings. The fraction of sp³-hybridized carbons (Fsp3) is 0.250. The smallest absolute Gasteiger partial charge is 0.199 e. The lowest BCUT2D eigenvalue weighted by atomic mass is 10.2. The molecule has 2 aromatic heterocycles. The fourth-order valence-electron chi connectivity index (χ4n) is 2.12. The van der Waals surface area contributed by atoms with Gasteiger partial charge in [-0.3, -0.25) is 4.98 Å². The summed E-state index contributed by atoms with van der Waals surface area (Å²) >= 11 is 0. The molecular weight excluding hydrogens is 250 g/mol. The predicted octanol–water partition coefficient (Wildman–Crippen LogP) is 3.12. The Kier molecular flexibility index (Phi) is 3.74. The van der Waals surface area contributed by atoms with E-state index in [0.29, 0.717) is 0 Å². The molecule has 0 fully saturated rings. The number of rotatable bonds is 5.